The van der Waals surface area contributed by atoms with Gasteiger partial charge in [0.25, 0.3) is 0 Å². The summed E-state index contributed by atoms with van der Waals surface area (Å²) in [6, 6.07) is 3.10. The molecule has 0 aromatic heterocycles. The van der Waals surface area contributed by atoms with Gasteiger partial charge in [-0.25, -0.2) is 14.6 Å². The van der Waals surface area contributed by atoms with Crippen molar-refractivity contribution in [1.29, 1.82) is 0 Å². The minimum atomic E-state index is -0.680. The monoisotopic (exact) mass is 256 g/mol. The van der Waals surface area contributed by atoms with Crippen LogP contribution in [0.25, 0.3) is 0 Å². The summed E-state index contributed by atoms with van der Waals surface area (Å²) in [6.07, 6.45) is 0.636. The molecule has 5 heteroatoms. The Bertz CT molecular complexity index is 426. The van der Waals surface area contributed by atoms with Crippen LogP contribution in [0.3, 0.4) is 0 Å². The SMILES string of the molecule is CCC(C)(C)C(=O)N(N)Cc1cc(F)cc(F)c1. The average molecular weight is 256 g/mol. The van der Waals surface area contributed by atoms with Gasteiger partial charge in [-0.3, -0.25) is 9.80 Å². The van der Waals surface area contributed by atoms with Crippen LogP contribution in [-0.2, 0) is 11.3 Å². The first kappa shape index (κ1) is 14.6. The van der Waals surface area contributed by atoms with Crippen molar-refractivity contribution in [2.24, 2.45) is 11.3 Å². The Morgan fingerprint density at radius 3 is 2.22 bits per heavy atom. The van der Waals surface area contributed by atoms with Crippen LogP contribution in [0.15, 0.2) is 18.2 Å². The molecule has 0 aliphatic carbocycles. The molecule has 0 atom stereocenters. The fraction of sp³-hybridized carbons (Fsp3) is 0.462. The molecule has 0 spiro atoms. The molecule has 0 aliphatic heterocycles. The normalized spacial score (nSPS) is 11.4. The molecule has 0 saturated heterocycles. The minimum absolute atomic E-state index is 0.0169. The molecular formula is C13H18F2N2O. The predicted molar refractivity (Wildman–Crippen MR) is 65.2 cm³/mol. The Labute approximate surface area is 106 Å². The zero-order valence-corrected chi connectivity index (χ0v) is 10.8. The summed E-state index contributed by atoms with van der Waals surface area (Å²) in [5.41, 5.74) is -0.254. The van der Waals surface area contributed by atoms with Crippen LogP contribution in [0.5, 0.6) is 0 Å². The van der Waals surface area contributed by atoms with Crippen LogP contribution in [0.1, 0.15) is 32.8 Å². The van der Waals surface area contributed by atoms with Gasteiger partial charge in [0.2, 0.25) is 5.91 Å². The summed E-state index contributed by atoms with van der Waals surface area (Å²) in [5, 5.41) is 0.998. The van der Waals surface area contributed by atoms with Crippen molar-refractivity contribution in [3.05, 3.63) is 35.4 Å². The number of rotatable bonds is 4. The molecule has 1 rings (SSSR count). The molecule has 0 fully saturated rings. The molecule has 0 bridgehead atoms. The Balaban J connectivity index is 2.81. The van der Waals surface area contributed by atoms with E-state index in [2.05, 4.69) is 0 Å². The molecule has 0 radical (unpaired) electrons. The fourth-order valence-corrected chi connectivity index (χ4v) is 1.51. The van der Waals surface area contributed by atoms with E-state index >= 15 is 0 Å². The number of hydrogen-bond donors (Lipinski definition) is 1. The molecule has 1 aromatic rings. The van der Waals surface area contributed by atoms with Gasteiger partial charge < -0.3 is 0 Å². The quantitative estimate of drug-likeness (QED) is 0.511. The third kappa shape index (κ3) is 3.50. The Kier molecular flexibility index (Phi) is 4.40. The molecule has 1 aromatic carbocycles. The second-order valence-corrected chi connectivity index (χ2v) is 4.95. The molecule has 18 heavy (non-hydrogen) atoms. The maximum Gasteiger partial charge on any atom is 0.242 e. The molecule has 0 aliphatic rings. The summed E-state index contributed by atoms with van der Waals surface area (Å²) in [7, 11) is 0. The van der Waals surface area contributed by atoms with Crippen LogP contribution >= 0.6 is 0 Å². The lowest BCUT2D eigenvalue weighted by Gasteiger charge is -2.27. The van der Waals surface area contributed by atoms with Crippen LogP contribution in [0.2, 0.25) is 0 Å². The molecule has 0 unspecified atom stereocenters. The lowest BCUT2D eigenvalue weighted by molar-refractivity contribution is -0.141. The van der Waals surface area contributed by atoms with Crippen molar-refractivity contribution >= 4 is 5.91 Å². The molecule has 2 N–H and O–H groups in total. The number of carbonyl (C=O) groups is 1. The maximum absolute atomic E-state index is 13.0. The largest absolute Gasteiger partial charge is 0.276 e. The van der Waals surface area contributed by atoms with Gasteiger partial charge in [-0.2, -0.15) is 0 Å². The number of nitrogens with two attached hydrogens (primary N) is 1. The topological polar surface area (TPSA) is 46.3 Å². The highest BCUT2D eigenvalue weighted by molar-refractivity contribution is 5.81. The van der Waals surface area contributed by atoms with Crippen LogP contribution in [0.4, 0.5) is 8.78 Å². The zero-order valence-electron chi connectivity index (χ0n) is 10.8. The van der Waals surface area contributed by atoms with Crippen molar-refractivity contribution < 1.29 is 13.6 Å². The summed E-state index contributed by atoms with van der Waals surface area (Å²) in [6.45, 7) is 5.42. The van der Waals surface area contributed by atoms with E-state index in [1.165, 1.54) is 0 Å². The highest BCUT2D eigenvalue weighted by Gasteiger charge is 2.29. The van der Waals surface area contributed by atoms with Gasteiger partial charge in [0.1, 0.15) is 11.6 Å². The zero-order chi connectivity index (χ0) is 13.9. The summed E-state index contributed by atoms with van der Waals surface area (Å²) in [5.74, 6) is 4.04. The molecule has 0 heterocycles. The lowest BCUT2D eigenvalue weighted by Crippen LogP contribution is -2.44. The van der Waals surface area contributed by atoms with Gasteiger partial charge in [-0.05, 0) is 24.1 Å². The standard InChI is InChI=1S/C13H18F2N2O/c1-4-13(2,3)12(18)17(16)8-9-5-10(14)7-11(15)6-9/h5-7H,4,8,16H2,1-3H3. The lowest BCUT2D eigenvalue weighted by atomic mass is 9.89. The number of hydrazine groups is 1. The van der Waals surface area contributed by atoms with Crippen molar-refractivity contribution in [3.8, 4) is 0 Å². The fourth-order valence-electron chi connectivity index (χ4n) is 1.51. The predicted octanol–water partition coefficient (Wildman–Crippen LogP) is 2.60. The van der Waals surface area contributed by atoms with E-state index < -0.39 is 17.0 Å². The van der Waals surface area contributed by atoms with E-state index in [4.69, 9.17) is 5.84 Å². The molecule has 0 saturated carbocycles. The van der Waals surface area contributed by atoms with Crippen LogP contribution in [-0.4, -0.2) is 10.9 Å². The van der Waals surface area contributed by atoms with E-state index in [1.807, 2.05) is 6.92 Å². The van der Waals surface area contributed by atoms with Gasteiger partial charge in [-0.1, -0.05) is 20.8 Å². The van der Waals surface area contributed by atoms with Crippen molar-refractivity contribution in [1.82, 2.24) is 5.01 Å². The first-order chi connectivity index (χ1) is 8.26. The first-order valence-corrected chi connectivity index (χ1v) is 5.78. The van der Waals surface area contributed by atoms with Crippen molar-refractivity contribution in [3.63, 3.8) is 0 Å². The number of halogens is 2. The van der Waals surface area contributed by atoms with E-state index in [0.717, 1.165) is 23.2 Å². The molecule has 100 valence electrons. The molecule has 3 nitrogen and oxygen atoms in total. The number of amides is 1. The molecule has 1 amide bonds. The van der Waals surface area contributed by atoms with E-state index in [9.17, 15) is 13.6 Å². The van der Waals surface area contributed by atoms with Gasteiger partial charge >= 0.3 is 0 Å². The summed E-state index contributed by atoms with van der Waals surface area (Å²) >= 11 is 0. The number of carbonyl (C=O) groups excluding carboxylic acids is 1. The van der Waals surface area contributed by atoms with Crippen molar-refractivity contribution in [2.75, 3.05) is 0 Å². The number of hydrogen-bond acceptors (Lipinski definition) is 2. The number of benzene rings is 1. The Morgan fingerprint density at radius 2 is 1.78 bits per heavy atom. The van der Waals surface area contributed by atoms with E-state index in [1.54, 1.807) is 13.8 Å². The smallest absolute Gasteiger partial charge is 0.242 e. The third-order valence-electron chi connectivity index (χ3n) is 3.00. The number of nitrogens with zero attached hydrogens (tertiary/aromatic N) is 1. The summed E-state index contributed by atoms with van der Waals surface area (Å²) < 4.78 is 26.0. The van der Waals surface area contributed by atoms with E-state index in [0.29, 0.717) is 12.0 Å². The highest BCUT2D eigenvalue weighted by Crippen LogP contribution is 2.22. The molecular weight excluding hydrogens is 238 g/mol. The first-order valence-electron chi connectivity index (χ1n) is 5.78. The second-order valence-electron chi connectivity index (χ2n) is 4.95. The second kappa shape index (κ2) is 5.44. The van der Waals surface area contributed by atoms with Crippen LogP contribution < -0.4 is 5.84 Å². The Morgan fingerprint density at radius 1 is 1.28 bits per heavy atom. The van der Waals surface area contributed by atoms with Crippen molar-refractivity contribution in [2.45, 2.75) is 33.7 Å². The summed E-state index contributed by atoms with van der Waals surface area (Å²) in [4.78, 5) is 12.0. The van der Waals surface area contributed by atoms with Gasteiger partial charge in [0.15, 0.2) is 0 Å². The van der Waals surface area contributed by atoms with Gasteiger partial charge in [0.05, 0.1) is 6.54 Å². The van der Waals surface area contributed by atoms with Gasteiger partial charge in [0, 0.05) is 11.5 Å². The third-order valence-corrected chi connectivity index (χ3v) is 3.00. The maximum atomic E-state index is 13.0. The van der Waals surface area contributed by atoms with Crippen LogP contribution in [0, 0.1) is 17.0 Å². The highest BCUT2D eigenvalue weighted by atomic mass is 19.1. The van der Waals surface area contributed by atoms with Gasteiger partial charge in [-0.15, -0.1) is 0 Å². The Hall–Kier alpha value is -1.49. The average Bonchev–Trinajstić information content (AvgIpc) is 2.26. The van der Waals surface area contributed by atoms with E-state index in [-0.39, 0.29) is 12.5 Å². The minimum Gasteiger partial charge on any atom is -0.276 e.